The van der Waals surface area contributed by atoms with Crippen LogP contribution in [0, 0.1) is 5.92 Å². The fraction of sp³-hybridized carbons (Fsp3) is 0.444. The molecule has 0 N–H and O–H groups in total. The van der Waals surface area contributed by atoms with E-state index in [0.717, 1.165) is 25.2 Å². The summed E-state index contributed by atoms with van der Waals surface area (Å²) in [4.78, 5) is 37.4. The van der Waals surface area contributed by atoms with E-state index < -0.39 is 0 Å². The lowest BCUT2D eigenvalue weighted by atomic mass is 9.95. The molecule has 3 aliphatic heterocycles. The average Bonchev–Trinajstić information content (AvgIpc) is 3.00. The molecule has 0 aromatic carbocycles. The number of hydrogen-bond acceptors (Lipinski definition) is 7. The van der Waals surface area contributed by atoms with E-state index in [2.05, 4.69) is 14.9 Å². The first kappa shape index (κ1) is 16.6. The van der Waals surface area contributed by atoms with E-state index in [0.29, 0.717) is 19.0 Å². The van der Waals surface area contributed by atoms with Crippen molar-refractivity contribution < 1.29 is 13.9 Å². The second-order valence-corrected chi connectivity index (χ2v) is 6.70. The van der Waals surface area contributed by atoms with Crippen LogP contribution in [0.4, 0.5) is 5.82 Å². The number of aromatic nitrogens is 2. The zero-order chi connectivity index (χ0) is 18.1. The fourth-order valence-corrected chi connectivity index (χ4v) is 3.77. The van der Waals surface area contributed by atoms with Crippen LogP contribution in [0.15, 0.2) is 40.1 Å². The maximum atomic E-state index is 12.9. The predicted molar refractivity (Wildman–Crippen MR) is 93.3 cm³/mol. The molecular formula is C18H20N4O4. The Labute approximate surface area is 150 Å². The van der Waals surface area contributed by atoms with Gasteiger partial charge in [0.1, 0.15) is 12.1 Å². The van der Waals surface area contributed by atoms with Gasteiger partial charge in [0, 0.05) is 44.1 Å². The largest absolute Gasteiger partial charge is 0.490 e. The lowest BCUT2D eigenvalue weighted by Crippen LogP contribution is -2.47. The quantitative estimate of drug-likeness (QED) is 0.816. The maximum absolute atomic E-state index is 12.9. The van der Waals surface area contributed by atoms with E-state index >= 15 is 0 Å². The molecular weight excluding hydrogens is 336 g/mol. The topological polar surface area (TPSA) is 88.8 Å². The Morgan fingerprint density at radius 2 is 2.15 bits per heavy atom. The first-order valence-corrected chi connectivity index (χ1v) is 8.64. The Balaban J connectivity index is 1.57. The van der Waals surface area contributed by atoms with Crippen molar-refractivity contribution in [3.05, 3.63) is 46.9 Å². The molecule has 0 aliphatic carbocycles. The first-order chi connectivity index (χ1) is 12.7. The van der Waals surface area contributed by atoms with Gasteiger partial charge < -0.3 is 19.0 Å². The van der Waals surface area contributed by atoms with Crippen LogP contribution in [-0.4, -0.2) is 53.6 Å². The molecule has 3 saturated heterocycles. The highest BCUT2D eigenvalue weighted by Crippen LogP contribution is 2.30. The Morgan fingerprint density at radius 1 is 1.27 bits per heavy atom. The summed E-state index contributed by atoms with van der Waals surface area (Å²) in [6, 6.07) is 1.26. The summed E-state index contributed by atoms with van der Waals surface area (Å²) < 4.78 is 10.3. The summed E-state index contributed by atoms with van der Waals surface area (Å²) in [6.45, 7) is 2.18. The number of piperidine rings is 1. The molecule has 0 saturated carbocycles. The minimum atomic E-state index is -0.358. The minimum Gasteiger partial charge on any atom is -0.490 e. The number of fused-ring (bicyclic) bond motifs is 4. The summed E-state index contributed by atoms with van der Waals surface area (Å²) >= 11 is 0. The van der Waals surface area contributed by atoms with Crippen molar-refractivity contribution in [2.75, 3.05) is 31.6 Å². The van der Waals surface area contributed by atoms with Crippen molar-refractivity contribution in [3.8, 4) is 5.75 Å². The Bertz CT molecular complexity index is 854. The number of nitrogens with zero attached hydrogens (tertiary/aromatic N) is 4. The molecule has 2 aromatic heterocycles. The van der Waals surface area contributed by atoms with Crippen LogP contribution < -0.4 is 15.1 Å². The standard InChI is InChI=1S/C18H20N4O4/c1-25-16-11-26-15(6-14(16)23)18(24)22-9-12-2-3-13(22)10-21(8-12)17-7-19-4-5-20-17/h4-7,11-13H,2-3,8-10H2,1H3/t12-,13+/m1/s1. The highest BCUT2D eigenvalue weighted by molar-refractivity contribution is 5.91. The second-order valence-electron chi connectivity index (χ2n) is 6.70. The van der Waals surface area contributed by atoms with E-state index in [1.165, 1.54) is 19.4 Å². The molecule has 136 valence electrons. The molecule has 1 amide bonds. The molecule has 8 heteroatoms. The molecule has 5 rings (SSSR count). The monoisotopic (exact) mass is 356 g/mol. The van der Waals surface area contributed by atoms with Gasteiger partial charge in [-0.05, 0) is 18.8 Å². The highest BCUT2D eigenvalue weighted by atomic mass is 16.5. The lowest BCUT2D eigenvalue weighted by molar-refractivity contribution is 0.0556. The van der Waals surface area contributed by atoms with Crippen LogP contribution in [0.1, 0.15) is 23.4 Å². The van der Waals surface area contributed by atoms with Gasteiger partial charge in [-0.2, -0.15) is 0 Å². The van der Waals surface area contributed by atoms with Crippen molar-refractivity contribution >= 4 is 11.7 Å². The van der Waals surface area contributed by atoms with E-state index in [1.54, 1.807) is 18.6 Å². The summed E-state index contributed by atoms with van der Waals surface area (Å²) in [5.74, 6) is 1.07. The predicted octanol–water partition coefficient (Wildman–Crippen LogP) is 1.18. The van der Waals surface area contributed by atoms with Gasteiger partial charge in [-0.15, -0.1) is 0 Å². The van der Waals surface area contributed by atoms with Gasteiger partial charge in [0.2, 0.25) is 11.2 Å². The molecule has 2 aromatic rings. The van der Waals surface area contributed by atoms with Gasteiger partial charge in [-0.25, -0.2) is 4.98 Å². The summed E-state index contributed by atoms with van der Waals surface area (Å²) in [5.41, 5.74) is -0.358. The molecule has 5 heterocycles. The lowest BCUT2D eigenvalue weighted by Gasteiger charge is -2.35. The average molecular weight is 356 g/mol. The van der Waals surface area contributed by atoms with Gasteiger partial charge in [-0.3, -0.25) is 14.6 Å². The molecule has 2 atom stereocenters. The normalized spacial score (nSPS) is 22.2. The molecule has 26 heavy (non-hydrogen) atoms. The Hall–Kier alpha value is -2.90. The first-order valence-electron chi connectivity index (χ1n) is 8.64. The third-order valence-corrected chi connectivity index (χ3v) is 5.08. The number of hydrogen-bond donors (Lipinski definition) is 0. The number of methoxy groups -OCH3 is 1. The number of amides is 1. The molecule has 0 unspecified atom stereocenters. The zero-order valence-electron chi connectivity index (χ0n) is 14.5. The summed E-state index contributed by atoms with van der Waals surface area (Å²) in [5, 5.41) is 0. The van der Waals surface area contributed by atoms with E-state index in [9.17, 15) is 9.59 Å². The van der Waals surface area contributed by atoms with Crippen molar-refractivity contribution in [2.45, 2.75) is 18.9 Å². The molecule has 8 nitrogen and oxygen atoms in total. The van der Waals surface area contributed by atoms with Crippen LogP contribution in [0.25, 0.3) is 0 Å². The fourth-order valence-electron chi connectivity index (χ4n) is 3.77. The van der Waals surface area contributed by atoms with Crippen LogP contribution >= 0.6 is 0 Å². The van der Waals surface area contributed by atoms with E-state index in [1.807, 2.05) is 4.90 Å². The SMILES string of the molecule is COc1coc(C(=O)N2C[C@@H]3CC[C@H]2CN(c2cnccn2)C3)cc1=O. The molecule has 3 aliphatic rings. The molecule has 3 fully saturated rings. The molecule has 0 spiro atoms. The van der Waals surface area contributed by atoms with Crippen LogP contribution in [0.2, 0.25) is 0 Å². The number of rotatable bonds is 3. The number of ether oxygens (including phenoxy) is 1. The van der Waals surface area contributed by atoms with Gasteiger partial charge in [-0.1, -0.05) is 0 Å². The third kappa shape index (κ3) is 3.02. The maximum Gasteiger partial charge on any atom is 0.290 e. The van der Waals surface area contributed by atoms with Crippen LogP contribution in [0.3, 0.4) is 0 Å². The van der Waals surface area contributed by atoms with Crippen molar-refractivity contribution in [3.63, 3.8) is 0 Å². The van der Waals surface area contributed by atoms with Gasteiger partial charge >= 0.3 is 0 Å². The second kappa shape index (κ2) is 6.78. The van der Waals surface area contributed by atoms with Crippen molar-refractivity contribution in [1.29, 1.82) is 0 Å². The summed E-state index contributed by atoms with van der Waals surface area (Å²) in [7, 11) is 1.39. The molecule has 0 radical (unpaired) electrons. The summed E-state index contributed by atoms with van der Waals surface area (Å²) in [6.07, 6.45) is 8.26. The Morgan fingerprint density at radius 3 is 2.88 bits per heavy atom. The third-order valence-electron chi connectivity index (χ3n) is 5.08. The van der Waals surface area contributed by atoms with Crippen molar-refractivity contribution in [2.24, 2.45) is 5.92 Å². The van der Waals surface area contributed by atoms with Gasteiger partial charge in [0.05, 0.1) is 13.3 Å². The van der Waals surface area contributed by atoms with E-state index in [4.69, 9.17) is 9.15 Å². The molecule has 2 bridgehead atoms. The number of anilines is 1. The zero-order valence-corrected chi connectivity index (χ0v) is 14.5. The van der Waals surface area contributed by atoms with Crippen LogP contribution in [-0.2, 0) is 0 Å². The highest BCUT2D eigenvalue weighted by Gasteiger charge is 2.38. The van der Waals surface area contributed by atoms with Gasteiger partial charge in [0.15, 0.2) is 5.76 Å². The van der Waals surface area contributed by atoms with Gasteiger partial charge in [0.25, 0.3) is 5.91 Å². The minimum absolute atomic E-state index is 0.0504. The smallest absolute Gasteiger partial charge is 0.290 e. The Kier molecular flexibility index (Phi) is 4.32. The van der Waals surface area contributed by atoms with Crippen LogP contribution in [0.5, 0.6) is 5.75 Å². The number of carbonyl (C=O) groups excluding carboxylic acids is 1. The van der Waals surface area contributed by atoms with E-state index in [-0.39, 0.29) is 28.9 Å². The van der Waals surface area contributed by atoms with Crippen molar-refractivity contribution in [1.82, 2.24) is 14.9 Å². The number of carbonyl (C=O) groups is 1.